The van der Waals surface area contributed by atoms with Crippen molar-refractivity contribution < 1.29 is 9.90 Å². The summed E-state index contributed by atoms with van der Waals surface area (Å²) in [5, 5.41) is 13.6. The van der Waals surface area contributed by atoms with Crippen LogP contribution in [0.5, 0.6) is 5.75 Å². The van der Waals surface area contributed by atoms with Gasteiger partial charge >= 0.3 is 0 Å². The summed E-state index contributed by atoms with van der Waals surface area (Å²) in [6, 6.07) is 22.1. The molecule has 138 valence electrons. The largest absolute Gasteiger partial charge is 0.507 e. The summed E-state index contributed by atoms with van der Waals surface area (Å²) in [6.45, 7) is 0. The van der Waals surface area contributed by atoms with Crippen LogP contribution in [-0.2, 0) is 6.42 Å². The maximum absolute atomic E-state index is 12.3. The van der Waals surface area contributed by atoms with Crippen molar-refractivity contribution in [3.8, 4) is 5.75 Å². The molecule has 0 unspecified atom stereocenters. The Morgan fingerprint density at radius 1 is 1.07 bits per heavy atom. The molecule has 0 fully saturated rings. The summed E-state index contributed by atoms with van der Waals surface area (Å²) in [6.07, 6.45) is 2.10. The Hall–Kier alpha value is -3.93. The number of phenols is 1. The second-order valence-electron chi connectivity index (χ2n) is 6.34. The lowest BCUT2D eigenvalue weighted by Gasteiger charge is -2.00. The molecule has 0 saturated carbocycles. The molecule has 4 aromatic rings. The number of carbonyl (C=O) groups is 1. The van der Waals surface area contributed by atoms with Crippen LogP contribution in [0.1, 0.15) is 27.3 Å². The summed E-state index contributed by atoms with van der Waals surface area (Å²) in [7, 11) is 0. The number of para-hydroxylation sites is 1. The highest BCUT2D eigenvalue weighted by atomic mass is 16.3. The van der Waals surface area contributed by atoms with Gasteiger partial charge in [-0.25, -0.2) is 10.4 Å². The van der Waals surface area contributed by atoms with Crippen LogP contribution in [0.15, 0.2) is 77.9 Å². The molecule has 28 heavy (non-hydrogen) atoms. The third-order valence-corrected chi connectivity index (χ3v) is 4.31. The minimum atomic E-state index is -0.340. The maximum Gasteiger partial charge on any atom is 0.271 e. The van der Waals surface area contributed by atoms with E-state index in [0.29, 0.717) is 17.5 Å². The molecule has 3 aromatic carbocycles. The van der Waals surface area contributed by atoms with Gasteiger partial charge in [0.15, 0.2) is 0 Å². The van der Waals surface area contributed by atoms with Crippen LogP contribution in [-0.4, -0.2) is 27.2 Å². The third kappa shape index (κ3) is 3.91. The van der Waals surface area contributed by atoms with Crippen LogP contribution in [0.25, 0.3) is 11.0 Å². The highest BCUT2D eigenvalue weighted by Gasteiger charge is 2.09. The number of benzene rings is 3. The van der Waals surface area contributed by atoms with Gasteiger partial charge in [0.2, 0.25) is 0 Å². The molecule has 4 rings (SSSR count). The molecule has 3 N–H and O–H groups in total. The minimum Gasteiger partial charge on any atom is -0.507 e. The van der Waals surface area contributed by atoms with E-state index in [9.17, 15) is 9.90 Å². The van der Waals surface area contributed by atoms with Gasteiger partial charge in [-0.05, 0) is 35.9 Å². The predicted molar refractivity (Wildman–Crippen MR) is 109 cm³/mol. The first-order valence-electron chi connectivity index (χ1n) is 8.83. The summed E-state index contributed by atoms with van der Waals surface area (Å²) in [4.78, 5) is 20.2. The lowest BCUT2D eigenvalue weighted by molar-refractivity contribution is 0.0955. The van der Waals surface area contributed by atoms with Crippen molar-refractivity contribution in [3.63, 3.8) is 0 Å². The molecule has 1 aromatic heterocycles. The first kappa shape index (κ1) is 17.5. The number of aromatic nitrogens is 2. The smallest absolute Gasteiger partial charge is 0.271 e. The number of hydrogen-bond donors (Lipinski definition) is 3. The Bertz CT molecular complexity index is 1150. The number of nitrogens with zero attached hydrogens (tertiary/aromatic N) is 2. The Morgan fingerprint density at radius 2 is 1.86 bits per heavy atom. The van der Waals surface area contributed by atoms with E-state index in [1.165, 1.54) is 6.21 Å². The standard InChI is InChI=1S/C22H18N4O2/c27-20-9-5-4-8-17(20)14-23-26-22(28)16-10-11-18-19(13-16)25-21(24-18)12-15-6-2-1-3-7-15/h1-11,13-14,27H,12H2,(H,24,25)(H,26,28)/b23-14-. The van der Waals surface area contributed by atoms with Crippen molar-refractivity contribution in [2.75, 3.05) is 0 Å². The Kier molecular flexibility index (Phi) is 4.84. The number of fused-ring (bicyclic) bond motifs is 1. The number of phenolic OH excluding ortho intramolecular Hbond substituents is 1. The molecule has 6 nitrogen and oxygen atoms in total. The number of rotatable bonds is 5. The van der Waals surface area contributed by atoms with Gasteiger partial charge in [0.25, 0.3) is 5.91 Å². The van der Waals surface area contributed by atoms with E-state index in [1.807, 2.05) is 24.3 Å². The molecule has 0 aliphatic carbocycles. The van der Waals surface area contributed by atoms with Crippen LogP contribution in [0, 0.1) is 0 Å². The zero-order chi connectivity index (χ0) is 19.3. The van der Waals surface area contributed by atoms with E-state index in [4.69, 9.17) is 0 Å². The highest BCUT2D eigenvalue weighted by molar-refractivity contribution is 5.98. The summed E-state index contributed by atoms with van der Waals surface area (Å²) >= 11 is 0. The number of H-pyrrole nitrogens is 1. The first-order chi connectivity index (χ1) is 13.7. The van der Waals surface area contributed by atoms with Gasteiger partial charge in [-0.2, -0.15) is 5.10 Å². The molecular formula is C22H18N4O2. The van der Waals surface area contributed by atoms with Gasteiger partial charge < -0.3 is 10.1 Å². The number of amides is 1. The fraction of sp³-hybridized carbons (Fsp3) is 0.0455. The van der Waals surface area contributed by atoms with Crippen LogP contribution in [0.3, 0.4) is 0 Å². The lowest BCUT2D eigenvalue weighted by Crippen LogP contribution is -2.17. The fourth-order valence-corrected chi connectivity index (χ4v) is 2.90. The van der Waals surface area contributed by atoms with Crippen molar-refractivity contribution in [1.29, 1.82) is 0 Å². The number of nitrogens with one attached hydrogen (secondary N) is 2. The van der Waals surface area contributed by atoms with Crippen LogP contribution in [0.2, 0.25) is 0 Å². The first-order valence-corrected chi connectivity index (χ1v) is 8.83. The number of aromatic amines is 1. The Labute approximate surface area is 161 Å². The van der Waals surface area contributed by atoms with Crippen LogP contribution < -0.4 is 5.43 Å². The normalized spacial score (nSPS) is 11.1. The van der Waals surface area contributed by atoms with Gasteiger partial charge in [0, 0.05) is 17.5 Å². The average molecular weight is 370 g/mol. The molecule has 0 atom stereocenters. The lowest BCUT2D eigenvalue weighted by atomic mass is 10.1. The number of imidazole rings is 1. The SMILES string of the molecule is O=C(N/N=C\c1ccccc1O)c1ccc2nc(Cc3ccccc3)[nH]c2c1. The summed E-state index contributed by atoms with van der Waals surface area (Å²) < 4.78 is 0. The monoisotopic (exact) mass is 370 g/mol. The molecule has 0 spiro atoms. The second-order valence-corrected chi connectivity index (χ2v) is 6.34. The van der Waals surface area contributed by atoms with Gasteiger partial charge in [0.1, 0.15) is 11.6 Å². The second kappa shape index (κ2) is 7.75. The van der Waals surface area contributed by atoms with E-state index in [2.05, 4.69) is 32.6 Å². The quantitative estimate of drug-likeness (QED) is 0.370. The molecule has 0 bridgehead atoms. The van der Waals surface area contributed by atoms with E-state index in [0.717, 1.165) is 22.4 Å². The molecule has 0 aliphatic heterocycles. The van der Waals surface area contributed by atoms with Crippen molar-refractivity contribution in [2.24, 2.45) is 5.10 Å². The summed E-state index contributed by atoms with van der Waals surface area (Å²) in [5.74, 6) is 0.606. The van der Waals surface area contributed by atoms with Gasteiger partial charge in [-0.15, -0.1) is 0 Å². The van der Waals surface area contributed by atoms with E-state index in [-0.39, 0.29) is 11.7 Å². The predicted octanol–water partition coefficient (Wildman–Crippen LogP) is 3.62. The average Bonchev–Trinajstić information content (AvgIpc) is 3.11. The van der Waals surface area contributed by atoms with E-state index >= 15 is 0 Å². The Balaban J connectivity index is 1.48. The van der Waals surface area contributed by atoms with E-state index in [1.54, 1.807) is 36.4 Å². The van der Waals surface area contributed by atoms with Crippen molar-refractivity contribution >= 4 is 23.2 Å². The van der Waals surface area contributed by atoms with Gasteiger partial charge in [-0.1, -0.05) is 42.5 Å². The molecule has 0 aliphatic rings. The van der Waals surface area contributed by atoms with Crippen molar-refractivity contribution in [2.45, 2.75) is 6.42 Å². The zero-order valence-electron chi connectivity index (χ0n) is 15.0. The van der Waals surface area contributed by atoms with Crippen molar-refractivity contribution in [3.05, 3.63) is 95.3 Å². The van der Waals surface area contributed by atoms with Crippen molar-refractivity contribution in [1.82, 2.24) is 15.4 Å². The van der Waals surface area contributed by atoms with Crippen LogP contribution >= 0.6 is 0 Å². The zero-order valence-corrected chi connectivity index (χ0v) is 15.0. The molecule has 1 heterocycles. The topological polar surface area (TPSA) is 90.4 Å². The number of hydrogen-bond acceptors (Lipinski definition) is 4. The van der Waals surface area contributed by atoms with Gasteiger partial charge in [0.05, 0.1) is 17.2 Å². The molecule has 0 saturated heterocycles. The number of hydrazone groups is 1. The minimum absolute atomic E-state index is 0.102. The molecule has 0 radical (unpaired) electrons. The molecular weight excluding hydrogens is 352 g/mol. The van der Waals surface area contributed by atoms with Gasteiger partial charge in [-0.3, -0.25) is 4.79 Å². The number of carbonyl (C=O) groups excluding carboxylic acids is 1. The van der Waals surface area contributed by atoms with Crippen LogP contribution in [0.4, 0.5) is 0 Å². The summed E-state index contributed by atoms with van der Waals surface area (Å²) in [5.41, 5.74) is 6.23. The Morgan fingerprint density at radius 3 is 2.68 bits per heavy atom. The number of aromatic hydroxyl groups is 1. The molecule has 1 amide bonds. The fourth-order valence-electron chi connectivity index (χ4n) is 2.90. The van der Waals surface area contributed by atoms with E-state index < -0.39 is 0 Å². The highest BCUT2D eigenvalue weighted by Crippen LogP contribution is 2.16. The third-order valence-electron chi connectivity index (χ3n) is 4.31. The molecule has 6 heteroatoms. The maximum atomic E-state index is 12.3.